The Bertz CT molecular complexity index is 819. The molecule has 0 aliphatic heterocycles. The SMILES string of the molecule is CCOC(=O)c1cnn2c(C)cc(-c3nocc3C)nc12. The number of carbonyl (C=O) groups is 1. The van der Waals surface area contributed by atoms with Crippen LogP contribution in [0.25, 0.3) is 17.0 Å². The Morgan fingerprint density at radius 2 is 2.24 bits per heavy atom. The number of ether oxygens (including phenoxy) is 1. The number of carbonyl (C=O) groups excluding carboxylic acids is 1. The van der Waals surface area contributed by atoms with Gasteiger partial charge in [0.1, 0.15) is 17.5 Å². The number of hydrogen-bond acceptors (Lipinski definition) is 6. The van der Waals surface area contributed by atoms with Crippen LogP contribution in [-0.4, -0.2) is 32.3 Å². The van der Waals surface area contributed by atoms with E-state index in [4.69, 9.17) is 9.26 Å². The number of aromatic nitrogens is 4. The van der Waals surface area contributed by atoms with Gasteiger partial charge in [0, 0.05) is 11.3 Å². The molecule has 3 rings (SSSR count). The van der Waals surface area contributed by atoms with Crippen LogP contribution in [0.2, 0.25) is 0 Å². The van der Waals surface area contributed by atoms with E-state index in [9.17, 15) is 4.79 Å². The molecule has 0 aliphatic carbocycles. The van der Waals surface area contributed by atoms with Crippen molar-refractivity contribution >= 4 is 11.6 Å². The summed E-state index contributed by atoms with van der Waals surface area (Å²) in [6.07, 6.45) is 3.02. The molecule has 0 radical (unpaired) electrons. The molecule has 0 saturated heterocycles. The van der Waals surface area contributed by atoms with Crippen LogP contribution < -0.4 is 0 Å². The maximum atomic E-state index is 11.9. The smallest absolute Gasteiger partial charge is 0.343 e. The lowest BCUT2D eigenvalue weighted by Gasteiger charge is -2.04. The highest BCUT2D eigenvalue weighted by Gasteiger charge is 2.18. The first-order valence-corrected chi connectivity index (χ1v) is 6.55. The van der Waals surface area contributed by atoms with Crippen LogP contribution in [-0.2, 0) is 4.74 Å². The van der Waals surface area contributed by atoms with E-state index in [1.54, 1.807) is 17.7 Å². The Balaban J connectivity index is 2.20. The van der Waals surface area contributed by atoms with E-state index in [2.05, 4.69) is 15.2 Å². The maximum Gasteiger partial charge on any atom is 0.343 e. The van der Waals surface area contributed by atoms with Crippen molar-refractivity contribution in [2.75, 3.05) is 6.61 Å². The summed E-state index contributed by atoms with van der Waals surface area (Å²) >= 11 is 0. The van der Waals surface area contributed by atoms with Crippen LogP contribution in [0.4, 0.5) is 0 Å². The van der Waals surface area contributed by atoms with Gasteiger partial charge in [-0.2, -0.15) is 5.10 Å². The molecule has 0 aliphatic rings. The first kappa shape index (κ1) is 13.3. The second-order valence-electron chi connectivity index (χ2n) is 4.64. The lowest BCUT2D eigenvalue weighted by molar-refractivity contribution is 0.0528. The zero-order chi connectivity index (χ0) is 15.0. The highest BCUT2D eigenvalue weighted by molar-refractivity contribution is 5.95. The first-order chi connectivity index (χ1) is 10.1. The summed E-state index contributed by atoms with van der Waals surface area (Å²) in [6, 6.07) is 1.85. The fourth-order valence-corrected chi connectivity index (χ4v) is 2.12. The molecule has 0 N–H and O–H groups in total. The molecule has 3 aromatic rings. The van der Waals surface area contributed by atoms with Crippen molar-refractivity contribution in [1.29, 1.82) is 0 Å². The van der Waals surface area contributed by atoms with Gasteiger partial charge in [-0.25, -0.2) is 14.3 Å². The second kappa shape index (κ2) is 5.01. The van der Waals surface area contributed by atoms with Crippen LogP contribution in [0, 0.1) is 13.8 Å². The molecule has 0 spiro atoms. The molecule has 3 aromatic heterocycles. The average molecular weight is 286 g/mol. The van der Waals surface area contributed by atoms with Gasteiger partial charge in [-0.3, -0.25) is 0 Å². The van der Waals surface area contributed by atoms with Crippen molar-refractivity contribution in [3.8, 4) is 11.4 Å². The lowest BCUT2D eigenvalue weighted by Crippen LogP contribution is -2.06. The van der Waals surface area contributed by atoms with Crippen molar-refractivity contribution in [3.05, 3.63) is 35.3 Å². The number of aryl methyl sites for hydroxylation is 2. The van der Waals surface area contributed by atoms with E-state index < -0.39 is 5.97 Å². The topological polar surface area (TPSA) is 82.5 Å². The normalized spacial score (nSPS) is 11.0. The van der Waals surface area contributed by atoms with Crippen LogP contribution in [0.5, 0.6) is 0 Å². The molecule has 0 aromatic carbocycles. The van der Waals surface area contributed by atoms with Crippen LogP contribution in [0.15, 0.2) is 23.0 Å². The van der Waals surface area contributed by atoms with E-state index in [-0.39, 0.29) is 0 Å². The van der Waals surface area contributed by atoms with Gasteiger partial charge in [-0.05, 0) is 26.8 Å². The Morgan fingerprint density at radius 3 is 2.90 bits per heavy atom. The van der Waals surface area contributed by atoms with Crippen molar-refractivity contribution in [3.63, 3.8) is 0 Å². The first-order valence-electron chi connectivity index (χ1n) is 6.55. The van der Waals surface area contributed by atoms with Crippen LogP contribution >= 0.6 is 0 Å². The summed E-state index contributed by atoms with van der Waals surface area (Å²) < 4.78 is 11.6. The van der Waals surface area contributed by atoms with Crippen molar-refractivity contribution < 1.29 is 14.1 Å². The molecular weight excluding hydrogens is 272 g/mol. The summed E-state index contributed by atoms with van der Waals surface area (Å²) in [5.41, 5.74) is 3.79. The lowest BCUT2D eigenvalue weighted by atomic mass is 10.2. The fourth-order valence-electron chi connectivity index (χ4n) is 2.12. The molecule has 3 heterocycles. The van der Waals surface area contributed by atoms with Gasteiger partial charge in [0.05, 0.1) is 18.5 Å². The van der Waals surface area contributed by atoms with E-state index in [1.165, 1.54) is 6.20 Å². The molecule has 7 heteroatoms. The highest BCUT2D eigenvalue weighted by Crippen LogP contribution is 2.22. The number of esters is 1. The average Bonchev–Trinajstić information content (AvgIpc) is 3.05. The highest BCUT2D eigenvalue weighted by atomic mass is 16.5. The summed E-state index contributed by atoms with van der Waals surface area (Å²) in [4.78, 5) is 16.4. The predicted octanol–water partition coefficient (Wildman–Crippen LogP) is 2.18. The van der Waals surface area contributed by atoms with Gasteiger partial charge >= 0.3 is 5.97 Å². The Morgan fingerprint density at radius 1 is 1.43 bits per heavy atom. The summed E-state index contributed by atoms with van der Waals surface area (Å²) in [7, 11) is 0. The molecule has 0 bridgehead atoms. The van der Waals surface area contributed by atoms with E-state index in [0.29, 0.717) is 29.2 Å². The van der Waals surface area contributed by atoms with E-state index >= 15 is 0 Å². The maximum absolute atomic E-state index is 11.9. The third-order valence-electron chi connectivity index (χ3n) is 3.13. The largest absolute Gasteiger partial charge is 0.462 e. The molecule has 0 fully saturated rings. The summed E-state index contributed by atoms with van der Waals surface area (Å²) in [5.74, 6) is -0.437. The Labute approximate surface area is 120 Å². The van der Waals surface area contributed by atoms with Crippen molar-refractivity contribution in [2.24, 2.45) is 0 Å². The Kier molecular flexibility index (Phi) is 3.17. The molecule has 0 saturated carbocycles. The van der Waals surface area contributed by atoms with Crippen LogP contribution in [0.1, 0.15) is 28.5 Å². The minimum Gasteiger partial charge on any atom is -0.462 e. The van der Waals surface area contributed by atoms with Gasteiger partial charge in [-0.1, -0.05) is 5.16 Å². The van der Waals surface area contributed by atoms with E-state index in [0.717, 1.165) is 11.3 Å². The zero-order valence-electron chi connectivity index (χ0n) is 12.0. The third kappa shape index (κ3) is 2.16. The number of hydrogen-bond donors (Lipinski definition) is 0. The molecule has 0 atom stereocenters. The minimum absolute atomic E-state index is 0.303. The number of rotatable bonds is 3. The van der Waals surface area contributed by atoms with E-state index in [1.807, 2.05) is 19.9 Å². The van der Waals surface area contributed by atoms with Gasteiger partial charge in [0.25, 0.3) is 0 Å². The zero-order valence-corrected chi connectivity index (χ0v) is 12.0. The molecule has 0 amide bonds. The Hall–Kier alpha value is -2.70. The molecule has 108 valence electrons. The quantitative estimate of drug-likeness (QED) is 0.686. The van der Waals surface area contributed by atoms with Gasteiger partial charge in [0.2, 0.25) is 0 Å². The minimum atomic E-state index is -0.437. The van der Waals surface area contributed by atoms with Crippen molar-refractivity contribution in [1.82, 2.24) is 19.8 Å². The van der Waals surface area contributed by atoms with Crippen molar-refractivity contribution in [2.45, 2.75) is 20.8 Å². The van der Waals surface area contributed by atoms with Gasteiger partial charge < -0.3 is 9.26 Å². The third-order valence-corrected chi connectivity index (χ3v) is 3.13. The van der Waals surface area contributed by atoms with Gasteiger partial charge in [0.15, 0.2) is 5.65 Å². The van der Waals surface area contributed by atoms with Gasteiger partial charge in [-0.15, -0.1) is 0 Å². The molecule has 7 nitrogen and oxygen atoms in total. The predicted molar refractivity (Wildman–Crippen MR) is 73.9 cm³/mol. The number of nitrogens with zero attached hydrogens (tertiary/aromatic N) is 4. The fraction of sp³-hybridized carbons (Fsp3) is 0.286. The second-order valence-corrected chi connectivity index (χ2v) is 4.64. The van der Waals surface area contributed by atoms with Crippen LogP contribution in [0.3, 0.4) is 0 Å². The summed E-state index contributed by atoms with van der Waals surface area (Å²) in [5, 5.41) is 8.12. The molecule has 0 unspecified atom stereocenters. The molecular formula is C14H14N4O3. The standard InChI is InChI=1S/C14H14N4O3/c1-4-20-14(19)10-6-15-18-9(3)5-11(16-13(10)18)12-8(2)7-21-17-12/h5-7H,4H2,1-3H3. The molecule has 21 heavy (non-hydrogen) atoms. The monoisotopic (exact) mass is 286 g/mol. The number of fused-ring (bicyclic) bond motifs is 1. The summed E-state index contributed by atoms with van der Waals surface area (Å²) in [6.45, 7) is 5.83.